The normalized spacial score (nSPS) is 12.0. The third-order valence-corrected chi connectivity index (χ3v) is 3.62. The van der Waals surface area contributed by atoms with Crippen LogP contribution in [0.4, 0.5) is 0 Å². The number of aryl methyl sites for hydroxylation is 2. The molecule has 0 fully saturated rings. The first-order valence-electron chi connectivity index (χ1n) is 7.28. The van der Waals surface area contributed by atoms with Crippen molar-refractivity contribution in [2.24, 2.45) is 0 Å². The van der Waals surface area contributed by atoms with Gasteiger partial charge in [-0.15, -0.1) is 0 Å². The number of carbonyl (C=O) groups is 1. The van der Waals surface area contributed by atoms with Crippen LogP contribution in [0.2, 0.25) is 0 Å². The van der Waals surface area contributed by atoms with Gasteiger partial charge in [-0.05, 0) is 51.0 Å². The molecule has 0 radical (unpaired) electrons. The molecule has 2 aromatic rings. The molecule has 0 aliphatic carbocycles. The van der Waals surface area contributed by atoms with E-state index in [0.717, 1.165) is 11.1 Å². The quantitative estimate of drug-likeness (QED) is 0.814. The van der Waals surface area contributed by atoms with Crippen LogP contribution in [0.15, 0.2) is 35.1 Å². The Morgan fingerprint density at radius 3 is 2.59 bits per heavy atom. The topological polar surface area (TPSA) is 61.2 Å². The lowest BCUT2D eigenvalue weighted by atomic mass is 10.0. The third-order valence-electron chi connectivity index (χ3n) is 3.62. The third kappa shape index (κ3) is 3.24. The molecule has 0 aliphatic rings. The highest BCUT2D eigenvalue weighted by Gasteiger charge is 2.19. The Morgan fingerprint density at radius 1 is 1.23 bits per heavy atom. The van der Waals surface area contributed by atoms with E-state index in [1.165, 1.54) is 16.3 Å². The highest BCUT2D eigenvalue weighted by atomic mass is 16.5. The molecule has 0 saturated carbocycles. The van der Waals surface area contributed by atoms with Crippen molar-refractivity contribution in [3.05, 3.63) is 51.8 Å². The SMILES string of the molecule is CCOC(=O)[C@H](C)n1nc(-c2ccc(C)c(C)c2)ccc1=O. The zero-order valence-corrected chi connectivity index (χ0v) is 13.3. The first kappa shape index (κ1) is 15.9. The van der Waals surface area contributed by atoms with Crippen molar-refractivity contribution in [3.8, 4) is 11.3 Å². The van der Waals surface area contributed by atoms with Gasteiger partial charge in [-0.3, -0.25) is 4.79 Å². The maximum atomic E-state index is 12.0. The van der Waals surface area contributed by atoms with Crippen LogP contribution in [-0.4, -0.2) is 22.4 Å². The van der Waals surface area contributed by atoms with Gasteiger partial charge in [0.2, 0.25) is 0 Å². The predicted molar refractivity (Wildman–Crippen MR) is 84.8 cm³/mol. The minimum atomic E-state index is -0.751. The average molecular weight is 300 g/mol. The summed E-state index contributed by atoms with van der Waals surface area (Å²) < 4.78 is 6.12. The second kappa shape index (κ2) is 6.56. The summed E-state index contributed by atoms with van der Waals surface area (Å²) >= 11 is 0. The standard InChI is InChI=1S/C17H20N2O3/c1-5-22-17(21)13(4)19-16(20)9-8-15(18-19)14-7-6-11(2)12(3)10-14/h6-10,13H,5H2,1-4H3/t13-/m0/s1. The van der Waals surface area contributed by atoms with Gasteiger partial charge in [0, 0.05) is 11.6 Å². The molecule has 0 saturated heterocycles. The van der Waals surface area contributed by atoms with Crippen molar-refractivity contribution in [3.63, 3.8) is 0 Å². The molecule has 0 bridgehead atoms. The summed E-state index contributed by atoms with van der Waals surface area (Å²) in [7, 11) is 0. The number of rotatable bonds is 4. The van der Waals surface area contributed by atoms with Crippen molar-refractivity contribution >= 4 is 5.97 Å². The molecule has 5 nitrogen and oxygen atoms in total. The number of nitrogens with zero attached hydrogens (tertiary/aromatic N) is 2. The highest BCUT2D eigenvalue weighted by Crippen LogP contribution is 2.19. The number of esters is 1. The van der Waals surface area contributed by atoms with Crippen molar-refractivity contribution in [1.29, 1.82) is 0 Å². The van der Waals surface area contributed by atoms with Gasteiger partial charge in [-0.1, -0.05) is 12.1 Å². The number of benzene rings is 1. The fraction of sp³-hybridized carbons (Fsp3) is 0.353. The van der Waals surface area contributed by atoms with E-state index in [2.05, 4.69) is 5.10 Å². The van der Waals surface area contributed by atoms with Crippen LogP contribution in [0.1, 0.15) is 31.0 Å². The second-order valence-corrected chi connectivity index (χ2v) is 5.23. The van der Waals surface area contributed by atoms with Crippen molar-refractivity contribution in [1.82, 2.24) is 9.78 Å². The minimum Gasteiger partial charge on any atom is -0.464 e. The van der Waals surface area contributed by atoms with Crippen molar-refractivity contribution in [2.75, 3.05) is 6.61 Å². The molecule has 1 heterocycles. The molecule has 1 aromatic carbocycles. The molecule has 0 unspecified atom stereocenters. The lowest BCUT2D eigenvalue weighted by Gasteiger charge is -2.14. The van der Waals surface area contributed by atoms with E-state index in [1.54, 1.807) is 19.9 Å². The molecule has 116 valence electrons. The molecule has 1 atom stereocenters. The lowest BCUT2D eigenvalue weighted by Crippen LogP contribution is -2.31. The molecule has 22 heavy (non-hydrogen) atoms. The van der Waals surface area contributed by atoms with Gasteiger partial charge >= 0.3 is 5.97 Å². The van der Waals surface area contributed by atoms with E-state index >= 15 is 0 Å². The van der Waals surface area contributed by atoms with Gasteiger partial charge < -0.3 is 4.74 Å². The van der Waals surface area contributed by atoms with Gasteiger partial charge in [-0.25, -0.2) is 9.48 Å². The second-order valence-electron chi connectivity index (χ2n) is 5.23. The van der Waals surface area contributed by atoms with Crippen LogP contribution in [-0.2, 0) is 9.53 Å². The van der Waals surface area contributed by atoms with Gasteiger partial charge in [0.25, 0.3) is 5.56 Å². The molecule has 0 spiro atoms. The van der Waals surface area contributed by atoms with Crippen LogP contribution in [0.5, 0.6) is 0 Å². The van der Waals surface area contributed by atoms with Crippen LogP contribution < -0.4 is 5.56 Å². The van der Waals surface area contributed by atoms with Gasteiger partial charge in [0.15, 0.2) is 6.04 Å². The van der Waals surface area contributed by atoms with Crippen LogP contribution in [0.25, 0.3) is 11.3 Å². The summed E-state index contributed by atoms with van der Waals surface area (Å²) in [4.78, 5) is 23.8. The largest absolute Gasteiger partial charge is 0.464 e. The number of aromatic nitrogens is 2. The zero-order valence-electron chi connectivity index (χ0n) is 13.3. The molecule has 5 heteroatoms. The average Bonchev–Trinajstić information content (AvgIpc) is 2.50. The number of ether oxygens (including phenoxy) is 1. The highest BCUT2D eigenvalue weighted by molar-refractivity contribution is 5.73. The summed E-state index contributed by atoms with van der Waals surface area (Å²) in [5, 5.41) is 4.32. The fourth-order valence-electron chi connectivity index (χ4n) is 2.12. The summed E-state index contributed by atoms with van der Waals surface area (Å²) in [5.74, 6) is -0.464. The Labute approximate surface area is 129 Å². The summed E-state index contributed by atoms with van der Waals surface area (Å²) in [6, 6.07) is 8.32. The molecule has 1 aromatic heterocycles. The molecule has 2 rings (SSSR count). The molecular formula is C17H20N2O3. The Hall–Kier alpha value is -2.43. The minimum absolute atomic E-state index is 0.273. The predicted octanol–water partition coefficient (Wildman–Crippen LogP) is 2.65. The van der Waals surface area contributed by atoms with E-state index in [9.17, 15) is 9.59 Å². The maximum absolute atomic E-state index is 12.0. The number of carbonyl (C=O) groups excluding carboxylic acids is 1. The first-order valence-corrected chi connectivity index (χ1v) is 7.28. The number of hydrogen-bond donors (Lipinski definition) is 0. The van der Waals surface area contributed by atoms with Crippen LogP contribution >= 0.6 is 0 Å². The van der Waals surface area contributed by atoms with Gasteiger partial charge in [0.05, 0.1) is 12.3 Å². The fourth-order valence-corrected chi connectivity index (χ4v) is 2.12. The zero-order chi connectivity index (χ0) is 16.3. The Kier molecular flexibility index (Phi) is 4.75. The molecule has 0 aliphatic heterocycles. The van der Waals surface area contributed by atoms with Crippen LogP contribution in [0.3, 0.4) is 0 Å². The number of hydrogen-bond acceptors (Lipinski definition) is 4. The first-order chi connectivity index (χ1) is 10.4. The van der Waals surface area contributed by atoms with Gasteiger partial charge in [0.1, 0.15) is 0 Å². The summed E-state index contributed by atoms with van der Waals surface area (Å²) in [5.41, 5.74) is 3.58. The summed E-state index contributed by atoms with van der Waals surface area (Å²) in [6.07, 6.45) is 0. The Bertz CT molecular complexity index is 750. The van der Waals surface area contributed by atoms with E-state index in [1.807, 2.05) is 32.0 Å². The smallest absolute Gasteiger partial charge is 0.330 e. The summed E-state index contributed by atoms with van der Waals surface area (Å²) in [6.45, 7) is 7.67. The van der Waals surface area contributed by atoms with E-state index in [4.69, 9.17) is 4.74 Å². The van der Waals surface area contributed by atoms with Crippen molar-refractivity contribution in [2.45, 2.75) is 33.7 Å². The maximum Gasteiger partial charge on any atom is 0.330 e. The van der Waals surface area contributed by atoms with Gasteiger partial charge in [-0.2, -0.15) is 5.10 Å². The van der Waals surface area contributed by atoms with E-state index < -0.39 is 12.0 Å². The van der Waals surface area contributed by atoms with Crippen molar-refractivity contribution < 1.29 is 9.53 Å². The van der Waals surface area contributed by atoms with E-state index in [0.29, 0.717) is 5.69 Å². The van der Waals surface area contributed by atoms with Crippen LogP contribution in [0, 0.1) is 13.8 Å². The molecule has 0 N–H and O–H groups in total. The molecular weight excluding hydrogens is 280 g/mol. The Balaban J connectivity index is 2.44. The Morgan fingerprint density at radius 2 is 1.95 bits per heavy atom. The monoisotopic (exact) mass is 300 g/mol. The van der Waals surface area contributed by atoms with E-state index in [-0.39, 0.29) is 12.2 Å². The molecule has 0 amide bonds. The lowest BCUT2D eigenvalue weighted by molar-refractivity contribution is -0.147.